The molecule has 0 aliphatic rings. The van der Waals surface area contributed by atoms with Gasteiger partial charge in [-0.1, -0.05) is 0 Å². The minimum Gasteiger partial charge on any atom is -0.287 e. The average Bonchev–Trinajstić information content (AvgIpc) is 1.65. The summed E-state index contributed by atoms with van der Waals surface area (Å²) in [6.07, 6.45) is 0.250. The van der Waals surface area contributed by atoms with Crippen molar-refractivity contribution in [3.05, 3.63) is 0 Å². The van der Waals surface area contributed by atoms with E-state index in [1.807, 2.05) is 6.07 Å². The topological polar surface area (TPSA) is 40.9 Å². The van der Waals surface area contributed by atoms with Gasteiger partial charge in [-0.15, -0.1) is 12.6 Å². The molecule has 0 rings (SSSR count). The van der Waals surface area contributed by atoms with E-state index in [1.54, 1.807) is 6.92 Å². The molecule has 0 fully saturated rings. The maximum atomic E-state index is 10.1. The number of carbonyl (C=O) groups is 1. The molecule has 0 aromatic carbocycles. The van der Waals surface area contributed by atoms with E-state index in [0.717, 1.165) is 0 Å². The monoisotopic (exact) mass is 129 g/mol. The van der Waals surface area contributed by atoms with E-state index in [-0.39, 0.29) is 17.5 Å². The SMILES string of the molecule is CC(C#N)CC(=O)S. The van der Waals surface area contributed by atoms with Crippen LogP contribution < -0.4 is 0 Å². The Morgan fingerprint density at radius 2 is 2.50 bits per heavy atom. The Morgan fingerprint density at radius 1 is 2.00 bits per heavy atom. The van der Waals surface area contributed by atoms with Crippen LogP contribution in [-0.4, -0.2) is 5.12 Å². The van der Waals surface area contributed by atoms with Crippen molar-refractivity contribution >= 4 is 17.7 Å². The molecular formula is C5H7NOS. The quantitative estimate of drug-likeness (QED) is 0.565. The number of carbonyl (C=O) groups excluding carboxylic acids is 1. The molecule has 3 heteroatoms. The van der Waals surface area contributed by atoms with Crippen LogP contribution in [0.5, 0.6) is 0 Å². The lowest BCUT2D eigenvalue weighted by atomic mass is 10.1. The summed E-state index contributed by atoms with van der Waals surface area (Å²) in [4.78, 5) is 10.1. The maximum absolute atomic E-state index is 10.1. The minimum absolute atomic E-state index is 0.194. The van der Waals surface area contributed by atoms with Crippen molar-refractivity contribution in [3.8, 4) is 6.07 Å². The molecule has 0 N–H and O–H groups in total. The molecule has 0 bridgehead atoms. The summed E-state index contributed by atoms with van der Waals surface area (Å²) in [5, 5.41) is 7.92. The van der Waals surface area contributed by atoms with Crippen molar-refractivity contribution in [1.29, 1.82) is 5.26 Å². The molecule has 0 saturated carbocycles. The average molecular weight is 129 g/mol. The summed E-state index contributed by atoms with van der Waals surface area (Å²) in [6, 6.07) is 1.93. The van der Waals surface area contributed by atoms with E-state index in [2.05, 4.69) is 12.6 Å². The summed E-state index contributed by atoms with van der Waals surface area (Å²) in [5.41, 5.74) is 0. The molecule has 1 unspecified atom stereocenters. The van der Waals surface area contributed by atoms with E-state index in [9.17, 15) is 4.79 Å². The Morgan fingerprint density at radius 3 is 2.62 bits per heavy atom. The second kappa shape index (κ2) is 3.50. The third kappa shape index (κ3) is 3.69. The Hall–Kier alpha value is -0.490. The van der Waals surface area contributed by atoms with Crippen LogP contribution in [0.25, 0.3) is 0 Å². The molecule has 1 atom stereocenters. The van der Waals surface area contributed by atoms with Gasteiger partial charge in [0.15, 0.2) is 5.12 Å². The molecule has 0 aliphatic carbocycles. The fourth-order valence-electron chi connectivity index (χ4n) is 0.308. The normalized spacial score (nSPS) is 12.1. The summed E-state index contributed by atoms with van der Waals surface area (Å²) in [5.74, 6) is -0.194. The van der Waals surface area contributed by atoms with Gasteiger partial charge in [0.25, 0.3) is 0 Å². The lowest BCUT2D eigenvalue weighted by Crippen LogP contribution is -1.95. The highest BCUT2D eigenvalue weighted by Gasteiger charge is 2.01. The lowest BCUT2D eigenvalue weighted by Gasteiger charge is -1.92. The van der Waals surface area contributed by atoms with Gasteiger partial charge in [-0.3, -0.25) is 4.79 Å². The molecule has 0 aromatic rings. The molecule has 0 amide bonds. The van der Waals surface area contributed by atoms with Gasteiger partial charge in [0.05, 0.1) is 12.0 Å². The number of rotatable bonds is 2. The molecule has 8 heavy (non-hydrogen) atoms. The maximum Gasteiger partial charge on any atom is 0.187 e. The van der Waals surface area contributed by atoms with Gasteiger partial charge >= 0.3 is 0 Å². The summed E-state index contributed by atoms with van der Waals surface area (Å²) >= 11 is 3.50. The predicted octanol–water partition coefficient (Wildman–Crippen LogP) is 0.993. The van der Waals surface area contributed by atoms with E-state index < -0.39 is 0 Å². The number of hydrogen-bond donors (Lipinski definition) is 1. The zero-order valence-corrected chi connectivity index (χ0v) is 5.48. The first-order valence-electron chi connectivity index (χ1n) is 2.28. The van der Waals surface area contributed by atoms with Crippen molar-refractivity contribution in [2.24, 2.45) is 5.92 Å². The standard InChI is InChI=1S/C5H7NOS/c1-4(3-6)2-5(7)8/h4H,2H2,1H3,(H,7,8). The molecule has 0 saturated heterocycles. The largest absolute Gasteiger partial charge is 0.287 e. The van der Waals surface area contributed by atoms with Crippen molar-refractivity contribution in [3.63, 3.8) is 0 Å². The van der Waals surface area contributed by atoms with Crippen LogP contribution in [0.2, 0.25) is 0 Å². The van der Waals surface area contributed by atoms with E-state index >= 15 is 0 Å². The fraction of sp³-hybridized carbons (Fsp3) is 0.600. The molecule has 44 valence electrons. The Kier molecular flexibility index (Phi) is 3.29. The van der Waals surface area contributed by atoms with Gasteiger partial charge in [0, 0.05) is 6.42 Å². The first-order valence-corrected chi connectivity index (χ1v) is 2.73. The Bertz CT molecular complexity index is 127. The van der Waals surface area contributed by atoms with Gasteiger partial charge in [0.2, 0.25) is 0 Å². The van der Waals surface area contributed by atoms with Crippen LogP contribution in [0.3, 0.4) is 0 Å². The molecule has 0 aromatic heterocycles. The molecule has 0 radical (unpaired) electrons. The third-order valence-corrected chi connectivity index (χ3v) is 0.884. The smallest absolute Gasteiger partial charge is 0.187 e. The number of nitriles is 1. The highest BCUT2D eigenvalue weighted by molar-refractivity contribution is 7.96. The number of thiol groups is 1. The van der Waals surface area contributed by atoms with Crippen LogP contribution >= 0.6 is 12.6 Å². The number of hydrogen-bond acceptors (Lipinski definition) is 2. The molecule has 0 spiro atoms. The summed E-state index contributed by atoms with van der Waals surface area (Å²) in [6.45, 7) is 1.69. The van der Waals surface area contributed by atoms with E-state index in [1.165, 1.54) is 0 Å². The van der Waals surface area contributed by atoms with Gasteiger partial charge in [-0.25, -0.2) is 0 Å². The zero-order valence-electron chi connectivity index (χ0n) is 4.59. The molecule has 0 aliphatic heterocycles. The van der Waals surface area contributed by atoms with Crippen LogP contribution in [-0.2, 0) is 4.79 Å². The van der Waals surface area contributed by atoms with Crippen molar-refractivity contribution in [2.45, 2.75) is 13.3 Å². The second-order valence-corrected chi connectivity index (χ2v) is 2.13. The van der Waals surface area contributed by atoms with Crippen LogP contribution in [0.1, 0.15) is 13.3 Å². The molecular weight excluding hydrogens is 122 g/mol. The highest BCUT2D eigenvalue weighted by atomic mass is 32.1. The van der Waals surface area contributed by atoms with Crippen LogP contribution in [0, 0.1) is 17.2 Å². The van der Waals surface area contributed by atoms with Crippen molar-refractivity contribution in [2.75, 3.05) is 0 Å². The first kappa shape index (κ1) is 7.51. The Balaban J connectivity index is 3.43. The van der Waals surface area contributed by atoms with E-state index in [0.29, 0.717) is 0 Å². The van der Waals surface area contributed by atoms with Gasteiger partial charge in [-0.05, 0) is 6.92 Å². The second-order valence-electron chi connectivity index (χ2n) is 1.63. The van der Waals surface area contributed by atoms with Gasteiger partial charge in [-0.2, -0.15) is 5.26 Å². The van der Waals surface area contributed by atoms with Gasteiger partial charge in [0.1, 0.15) is 0 Å². The highest BCUT2D eigenvalue weighted by Crippen LogP contribution is 2.00. The molecule has 0 heterocycles. The fourth-order valence-corrected chi connectivity index (χ4v) is 0.581. The van der Waals surface area contributed by atoms with Crippen molar-refractivity contribution < 1.29 is 4.79 Å². The third-order valence-electron chi connectivity index (χ3n) is 0.701. The van der Waals surface area contributed by atoms with E-state index in [4.69, 9.17) is 5.26 Å². The predicted molar refractivity (Wildman–Crippen MR) is 33.4 cm³/mol. The van der Waals surface area contributed by atoms with Crippen LogP contribution in [0.4, 0.5) is 0 Å². The van der Waals surface area contributed by atoms with Crippen molar-refractivity contribution in [1.82, 2.24) is 0 Å². The molecule has 2 nitrogen and oxygen atoms in total. The minimum atomic E-state index is -0.223. The number of nitrogens with zero attached hydrogens (tertiary/aromatic N) is 1. The summed E-state index contributed by atoms with van der Waals surface area (Å²) in [7, 11) is 0. The van der Waals surface area contributed by atoms with Crippen LogP contribution in [0.15, 0.2) is 0 Å². The lowest BCUT2D eigenvalue weighted by molar-refractivity contribution is -0.111. The first-order chi connectivity index (χ1) is 3.66. The Labute approximate surface area is 53.9 Å². The zero-order chi connectivity index (χ0) is 6.57. The van der Waals surface area contributed by atoms with Gasteiger partial charge < -0.3 is 0 Å². The summed E-state index contributed by atoms with van der Waals surface area (Å²) < 4.78 is 0.